The highest BCUT2D eigenvalue weighted by Gasteiger charge is 2.44. The number of aromatic nitrogens is 1. The molecule has 3 heterocycles. The summed E-state index contributed by atoms with van der Waals surface area (Å²) in [6.45, 7) is 3.93. The molecule has 2 aromatic carbocycles. The van der Waals surface area contributed by atoms with Gasteiger partial charge in [-0.1, -0.05) is 18.2 Å². The Hall–Kier alpha value is -2.51. The molecule has 0 radical (unpaired) electrons. The zero-order valence-electron chi connectivity index (χ0n) is 16.6. The summed E-state index contributed by atoms with van der Waals surface area (Å²) >= 11 is 0. The van der Waals surface area contributed by atoms with Crippen LogP contribution in [0.3, 0.4) is 0 Å². The number of benzene rings is 2. The summed E-state index contributed by atoms with van der Waals surface area (Å²) in [5.41, 5.74) is 2.03. The second-order valence-corrected chi connectivity index (χ2v) is 8.18. The summed E-state index contributed by atoms with van der Waals surface area (Å²) in [7, 11) is 0. The fraction of sp³-hybridized carbons (Fsp3) is 0.391. The predicted molar refractivity (Wildman–Crippen MR) is 110 cm³/mol. The SMILES string of the molecule is FC(F)(F)c1ccc2[nH]c3c(c2c1)CCNC31CCN(CCOc2ccccc2)C1. The molecule has 1 aromatic heterocycles. The monoisotopic (exact) mass is 415 g/mol. The molecule has 1 spiro atoms. The number of hydrogen-bond acceptors (Lipinski definition) is 3. The van der Waals surface area contributed by atoms with E-state index in [1.165, 1.54) is 6.07 Å². The summed E-state index contributed by atoms with van der Waals surface area (Å²) < 4.78 is 45.4. The number of H-pyrrole nitrogens is 1. The molecule has 0 aliphatic carbocycles. The van der Waals surface area contributed by atoms with E-state index in [2.05, 4.69) is 15.2 Å². The Morgan fingerprint density at radius 1 is 1.10 bits per heavy atom. The van der Waals surface area contributed by atoms with Crippen molar-refractivity contribution in [2.75, 3.05) is 32.8 Å². The summed E-state index contributed by atoms with van der Waals surface area (Å²) in [6.07, 6.45) is -2.67. The second-order valence-electron chi connectivity index (χ2n) is 8.18. The van der Waals surface area contributed by atoms with Crippen LogP contribution in [-0.2, 0) is 18.1 Å². The van der Waals surface area contributed by atoms with Crippen LogP contribution in [0.1, 0.15) is 23.2 Å². The molecule has 5 rings (SSSR count). The molecule has 1 saturated heterocycles. The van der Waals surface area contributed by atoms with Crippen LogP contribution >= 0.6 is 0 Å². The summed E-state index contributed by atoms with van der Waals surface area (Å²) in [4.78, 5) is 5.80. The van der Waals surface area contributed by atoms with Crippen molar-refractivity contribution in [2.24, 2.45) is 0 Å². The van der Waals surface area contributed by atoms with Gasteiger partial charge in [-0.3, -0.25) is 4.90 Å². The Kier molecular flexibility index (Phi) is 4.75. The topological polar surface area (TPSA) is 40.3 Å². The third-order valence-electron chi connectivity index (χ3n) is 6.32. The molecular weight excluding hydrogens is 391 g/mol. The molecule has 3 aromatic rings. The minimum atomic E-state index is -4.33. The maximum Gasteiger partial charge on any atom is 0.416 e. The lowest BCUT2D eigenvalue weighted by molar-refractivity contribution is -0.137. The van der Waals surface area contributed by atoms with Crippen molar-refractivity contribution in [1.82, 2.24) is 15.2 Å². The van der Waals surface area contributed by atoms with Crippen LogP contribution in [0, 0.1) is 0 Å². The number of rotatable bonds is 4. The Labute approximate surface area is 173 Å². The Bertz CT molecular complexity index is 1050. The van der Waals surface area contributed by atoms with Crippen LogP contribution in [0.25, 0.3) is 10.9 Å². The minimum absolute atomic E-state index is 0.238. The van der Waals surface area contributed by atoms with Gasteiger partial charge in [-0.05, 0) is 48.7 Å². The van der Waals surface area contributed by atoms with Gasteiger partial charge in [-0.25, -0.2) is 0 Å². The van der Waals surface area contributed by atoms with Gasteiger partial charge in [0.1, 0.15) is 12.4 Å². The summed E-state index contributed by atoms with van der Waals surface area (Å²) in [5, 5.41) is 4.36. The van der Waals surface area contributed by atoms with Crippen molar-refractivity contribution >= 4 is 10.9 Å². The molecule has 1 unspecified atom stereocenters. The molecule has 158 valence electrons. The minimum Gasteiger partial charge on any atom is -0.492 e. The van der Waals surface area contributed by atoms with Crippen LogP contribution < -0.4 is 10.1 Å². The smallest absolute Gasteiger partial charge is 0.416 e. The van der Waals surface area contributed by atoms with Crippen LogP contribution in [0.5, 0.6) is 5.75 Å². The van der Waals surface area contributed by atoms with Gasteiger partial charge in [0.15, 0.2) is 0 Å². The molecule has 4 nitrogen and oxygen atoms in total. The number of para-hydroxylation sites is 1. The summed E-state index contributed by atoms with van der Waals surface area (Å²) in [6, 6.07) is 13.8. The van der Waals surface area contributed by atoms with Gasteiger partial charge in [0.05, 0.1) is 11.1 Å². The molecule has 2 N–H and O–H groups in total. The number of nitrogens with one attached hydrogen (secondary N) is 2. The van der Waals surface area contributed by atoms with E-state index in [0.29, 0.717) is 12.0 Å². The standard InChI is InChI=1S/C23H24F3N3O/c24-23(25,26)16-6-7-20-19(14-16)18-8-10-27-22(21(18)28-20)9-11-29(15-22)12-13-30-17-4-2-1-3-5-17/h1-7,14,27-28H,8-13,15H2. The highest BCUT2D eigenvalue weighted by molar-refractivity contribution is 5.86. The first-order valence-corrected chi connectivity index (χ1v) is 10.3. The zero-order valence-corrected chi connectivity index (χ0v) is 16.6. The van der Waals surface area contributed by atoms with E-state index in [0.717, 1.165) is 67.6 Å². The molecule has 0 bridgehead atoms. The van der Waals surface area contributed by atoms with E-state index < -0.39 is 11.7 Å². The van der Waals surface area contributed by atoms with E-state index in [-0.39, 0.29) is 5.54 Å². The number of likely N-dealkylation sites (tertiary alicyclic amines) is 1. The number of halogens is 3. The molecule has 1 fully saturated rings. The molecule has 7 heteroatoms. The van der Waals surface area contributed by atoms with Crippen molar-refractivity contribution < 1.29 is 17.9 Å². The third kappa shape index (κ3) is 3.46. The van der Waals surface area contributed by atoms with Crippen molar-refractivity contribution in [3.8, 4) is 5.75 Å². The first-order chi connectivity index (χ1) is 14.4. The van der Waals surface area contributed by atoms with E-state index in [1.807, 2.05) is 30.3 Å². The number of hydrogen-bond donors (Lipinski definition) is 2. The highest BCUT2D eigenvalue weighted by atomic mass is 19.4. The Morgan fingerprint density at radius 2 is 1.93 bits per heavy atom. The average molecular weight is 415 g/mol. The second kappa shape index (κ2) is 7.32. The molecule has 30 heavy (non-hydrogen) atoms. The van der Waals surface area contributed by atoms with Crippen LogP contribution in [0.4, 0.5) is 13.2 Å². The number of alkyl halides is 3. The third-order valence-corrected chi connectivity index (χ3v) is 6.32. The molecule has 0 amide bonds. The van der Waals surface area contributed by atoms with Crippen LogP contribution in [-0.4, -0.2) is 42.7 Å². The summed E-state index contributed by atoms with van der Waals surface area (Å²) in [5.74, 6) is 0.862. The first-order valence-electron chi connectivity index (χ1n) is 10.3. The molecule has 2 aliphatic heterocycles. The van der Waals surface area contributed by atoms with E-state index in [9.17, 15) is 13.2 Å². The Morgan fingerprint density at radius 3 is 2.73 bits per heavy atom. The van der Waals surface area contributed by atoms with Gasteiger partial charge in [-0.15, -0.1) is 0 Å². The lowest BCUT2D eigenvalue weighted by atomic mass is 9.86. The molecule has 2 aliphatic rings. The van der Waals surface area contributed by atoms with Crippen molar-refractivity contribution in [3.63, 3.8) is 0 Å². The van der Waals surface area contributed by atoms with Gasteiger partial charge in [-0.2, -0.15) is 13.2 Å². The number of fused-ring (bicyclic) bond motifs is 4. The van der Waals surface area contributed by atoms with Crippen molar-refractivity contribution in [1.29, 1.82) is 0 Å². The van der Waals surface area contributed by atoms with E-state index in [4.69, 9.17) is 4.74 Å². The van der Waals surface area contributed by atoms with Crippen LogP contribution in [0.2, 0.25) is 0 Å². The lowest BCUT2D eigenvalue weighted by Gasteiger charge is -2.35. The first kappa shape index (κ1) is 19.5. The Balaban J connectivity index is 1.35. The molecule has 1 atom stereocenters. The normalized spacial score (nSPS) is 22.0. The molecule has 0 saturated carbocycles. The molecular formula is C23H24F3N3O. The predicted octanol–water partition coefficient (Wildman–Crippen LogP) is 4.31. The largest absolute Gasteiger partial charge is 0.492 e. The van der Waals surface area contributed by atoms with Crippen molar-refractivity contribution in [2.45, 2.75) is 24.6 Å². The van der Waals surface area contributed by atoms with Gasteiger partial charge in [0.2, 0.25) is 0 Å². The number of nitrogens with zero attached hydrogens (tertiary/aromatic N) is 1. The highest BCUT2D eigenvalue weighted by Crippen LogP contribution is 2.41. The lowest BCUT2D eigenvalue weighted by Crippen LogP contribution is -2.49. The van der Waals surface area contributed by atoms with Crippen LogP contribution in [0.15, 0.2) is 48.5 Å². The fourth-order valence-electron chi connectivity index (χ4n) is 4.84. The quantitative estimate of drug-likeness (QED) is 0.667. The van der Waals surface area contributed by atoms with Gasteiger partial charge in [0, 0.05) is 42.8 Å². The van der Waals surface area contributed by atoms with Crippen molar-refractivity contribution in [3.05, 3.63) is 65.4 Å². The van der Waals surface area contributed by atoms with E-state index >= 15 is 0 Å². The maximum atomic E-state index is 13.2. The average Bonchev–Trinajstić information content (AvgIpc) is 3.31. The van der Waals surface area contributed by atoms with E-state index in [1.54, 1.807) is 6.07 Å². The zero-order chi connectivity index (χ0) is 20.8. The van der Waals surface area contributed by atoms with Gasteiger partial charge >= 0.3 is 6.18 Å². The van der Waals surface area contributed by atoms with Gasteiger partial charge < -0.3 is 15.0 Å². The maximum absolute atomic E-state index is 13.2. The number of ether oxygens (including phenoxy) is 1. The van der Waals surface area contributed by atoms with Gasteiger partial charge in [0.25, 0.3) is 0 Å². The fourth-order valence-corrected chi connectivity index (χ4v) is 4.84. The number of aromatic amines is 1.